The van der Waals surface area contributed by atoms with Crippen LogP contribution < -0.4 is 5.32 Å². The van der Waals surface area contributed by atoms with E-state index in [1.165, 1.54) is 11.8 Å². The molecule has 0 spiro atoms. The van der Waals surface area contributed by atoms with E-state index in [9.17, 15) is 9.18 Å². The lowest BCUT2D eigenvalue weighted by atomic mass is 9.92. The van der Waals surface area contributed by atoms with E-state index in [1.807, 2.05) is 43.2 Å². The van der Waals surface area contributed by atoms with Crippen molar-refractivity contribution in [2.24, 2.45) is 18.4 Å². The number of amides is 1. The smallest absolute Gasteiger partial charge is 0.225 e. The molecule has 0 bridgehead atoms. The second-order valence-corrected chi connectivity index (χ2v) is 8.35. The number of nitrogens with zero attached hydrogens (tertiary/aromatic N) is 3. The molecule has 2 fully saturated rings. The fourth-order valence-electron chi connectivity index (χ4n) is 4.08. The van der Waals surface area contributed by atoms with Crippen LogP contribution in [0.4, 0.5) is 4.39 Å². The minimum absolute atomic E-state index is 0.159. The van der Waals surface area contributed by atoms with Gasteiger partial charge < -0.3 is 9.88 Å². The van der Waals surface area contributed by atoms with Crippen molar-refractivity contribution in [2.45, 2.75) is 32.2 Å². The number of benzene rings is 1. The molecule has 2 aromatic rings. The van der Waals surface area contributed by atoms with E-state index in [0.29, 0.717) is 19.0 Å². The number of halogens is 1. The predicted molar refractivity (Wildman–Crippen MR) is 101 cm³/mol. The summed E-state index contributed by atoms with van der Waals surface area (Å²) < 4.78 is 16.1. The van der Waals surface area contributed by atoms with Crippen LogP contribution in [-0.2, 0) is 18.4 Å². The molecular formula is C21H27FN4O. The topological polar surface area (TPSA) is 50.2 Å². The summed E-state index contributed by atoms with van der Waals surface area (Å²) in [6.45, 7) is 4.94. The van der Waals surface area contributed by atoms with Crippen LogP contribution in [0.5, 0.6) is 0 Å². The van der Waals surface area contributed by atoms with Crippen LogP contribution in [0.15, 0.2) is 36.8 Å². The predicted octanol–water partition coefficient (Wildman–Crippen LogP) is 2.69. The third-order valence-corrected chi connectivity index (χ3v) is 6.18. The zero-order chi connectivity index (χ0) is 19.0. The fourth-order valence-corrected chi connectivity index (χ4v) is 4.08. The van der Waals surface area contributed by atoms with E-state index in [-0.39, 0.29) is 23.1 Å². The third-order valence-electron chi connectivity index (χ3n) is 6.18. The van der Waals surface area contributed by atoms with E-state index in [2.05, 4.69) is 15.2 Å². The molecule has 0 radical (unpaired) electrons. The Balaban J connectivity index is 1.47. The maximum Gasteiger partial charge on any atom is 0.225 e. The van der Waals surface area contributed by atoms with Crippen molar-refractivity contribution in [2.75, 3.05) is 19.6 Å². The Hall–Kier alpha value is -2.21. The first kappa shape index (κ1) is 18.2. The normalized spacial score (nSPS) is 24.1. The standard InChI is InChI=1S/C21H27FN4O/c1-21(7-8-21)20(27)24-9-16-12-26(11-15-5-3-4-6-18(15)22)13-17(16)19-10-23-14-25(19)2/h3-6,10,14,16-17H,7-9,11-13H2,1-2H3,(H,24,27)/t16-,17-/m1/s1. The molecule has 1 aromatic heterocycles. The van der Waals surface area contributed by atoms with Crippen molar-refractivity contribution < 1.29 is 9.18 Å². The highest BCUT2D eigenvalue weighted by Crippen LogP contribution is 2.45. The van der Waals surface area contributed by atoms with Crippen LogP contribution in [0.1, 0.15) is 36.9 Å². The highest BCUT2D eigenvalue weighted by molar-refractivity contribution is 5.84. The van der Waals surface area contributed by atoms with Gasteiger partial charge in [0.25, 0.3) is 0 Å². The molecule has 144 valence electrons. The van der Waals surface area contributed by atoms with Crippen LogP contribution >= 0.6 is 0 Å². The number of carbonyl (C=O) groups is 1. The van der Waals surface area contributed by atoms with Crippen molar-refractivity contribution in [3.63, 3.8) is 0 Å². The Bertz CT molecular complexity index is 829. The lowest BCUT2D eigenvalue weighted by molar-refractivity contribution is -0.125. The van der Waals surface area contributed by atoms with Crippen molar-refractivity contribution >= 4 is 5.91 Å². The number of nitrogens with one attached hydrogen (secondary N) is 1. The molecule has 1 saturated heterocycles. The Morgan fingerprint density at radius 3 is 2.78 bits per heavy atom. The minimum atomic E-state index is -0.159. The molecule has 2 heterocycles. The summed E-state index contributed by atoms with van der Waals surface area (Å²) in [5.74, 6) is 0.571. The van der Waals surface area contributed by atoms with Gasteiger partial charge in [-0.25, -0.2) is 9.37 Å². The van der Waals surface area contributed by atoms with E-state index >= 15 is 0 Å². The molecular weight excluding hydrogens is 343 g/mol. The molecule has 6 heteroatoms. The minimum Gasteiger partial charge on any atom is -0.355 e. The Morgan fingerprint density at radius 1 is 1.33 bits per heavy atom. The molecule has 1 N–H and O–H groups in total. The largest absolute Gasteiger partial charge is 0.355 e. The Kier molecular flexibility index (Phi) is 4.76. The molecule has 1 saturated carbocycles. The van der Waals surface area contributed by atoms with Gasteiger partial charge in [-0.15, -0.1) is 0 Å². The molecule has 1 aliphatic carbocycles. The van der Waals surface area contributed by atoms with Crippen molar-refractivity contribution in [3.05, 3.63) is 53.9 Å². The quantitative estimate of drug-likeness (QED) is 0.851. The van der Waals surface area contributed by atoms with Crippen LogP contribution in [0.25, 0.3) is 0 Å². The van der Waals surface area contributed by atoms with E-state index in [1.54, 1.807) is 6.07 Å². The molecule has 2 atom stereocenters. The first-order valence-electron chi connectivity index (χ1n) is 9.66. The first-order valence-corrected chi connectivity index (χ1v) is 9.66. The number of imidazole rings is 1. The van der Waals surface area contributed by atoms with Crippen LogP contribution in [0.3, 0.4) is 0 Å². The van der Waals surface area contributed by atoms with Crippen LogP contribution in [-0.4, -0.2) is 40.0 Å². The zero-order valence-electron chi connectivity index (χ0n) is 16.0. The first-order chi connectivity index (χ1) is 13.0. The Morgan fingerprint density at radius 2 is 2.11 bits per heavy atom. The molecule has 5 nitrogen and oxygen atoms in total. The van der Waals surface area contributed by atoms with Gasteiger partial charge in [-0.3, -0.25) is 9.69 Å². The van der Waals surface area contributed by atoms with Gasteiger partial charge in [-0.1, -0.05) is 25.1 Å². The number of likely N-dealkylation sites (tertiary alicyclic amines) is 1. The monoisotopic (exact) mass is 370 g/mol. The van der Waals surface area contributed by atoms with Gasteiger partial charge in [0.15, 0.2) is 0 Å². The average Bonchev–Trinajstić information content (AvgIpc) is 3.08. The number of hydrogen-bond acceptors (Lipinski definition) is 3. The fraction of sp³-hybridized carbons (Fsp3) is 0.524. The summed E-state index contributed by atoms with van der Waals surface area (Å²) in [6, 6.07) is 6.95. The average molecular weight is 370 g/mol. The van der Waals surface area contributed by atoms with Crippen molar-refractivity contribution in [1.29, 1.82) is 0 Å². The number of rotatable bonds is 6. The second-order valence-electron chi connectivity index (χ2n) is 8.35. The van der Waals surface area contributed by atoms with Gasteiger partial charge in [-0.05, 0) is 24.8 Å². The number of aromatic nitrogens is 2. The molecule has 1 aromatic carbocycles. The SMILES string of the molecule is Cn1cncc1[C@@H]1CN(Cc2ccccc2F)C[C@H]1CNC(=O)C1(C)CC1. The summed E-state index contributed by atoms with van der Waals surface area (Å²) in [6.07, 6.45) is 5.69. The van der Waals surface area contributed by atoms with Gasteiger partial charge >= 0.3 is 0 Å². The van der Waals surface area contributed by atoms with Gasteiger partial charge in [0, 0.05) is 62.0 Å². The molecule has 2 aliphatic rings. The highest BCUT2D eigenvalue weighted by Gasteiger charge is 2.45. The van der Waals surface area contributed by atoms with E-state index in [0.717, 1.165) is 31.5 Å². The van der Waals surface area contributed by atoms with Crippen LogP contribution in [0, 0.1) is 17.2 Å². The summed E-state index contributed by atoms with van der Waals surface area (Å²) in [5, 5.41) is 3.16. The van der Waals surface area contributed by atoms with Gasteiger partial charge in [0.1, 0.15) is 5.82 Å². The molecule has 4 rings (SSSR count). The highest BCUT2D eigenvalue weighted by atomic mass is 19.1. The summed E-state index contributed by atoms with van der Waals surface area (Å²) in [5.41, 5.74) is 1.73. The van der Waals surface area contributed by atoms with E-state index in [4.69, 9.17) is 0 Å². The molecule has 27 heavy (non-hydrogen) atoms. The van der Waals surface area contributed by atoms with Crippen molar-refractivity contribution in [3.8, 4) is 0 Å². The third kappa shape index (κ3) is 3.76. The lowest BCUT2D eigenvalue weighted by Crippen LogP contribution is -2.36. The molecule has 1 aliphatic heterocycles. The molecule has 0 unspecified atom stereocenters. The van der Waals surface area contributed by atoms with Crippen LogP contribution in [0.2, 0.25) is 0 Å². The van der Waals surface area contributed by atoms with Gasteiger partial charge in [0.05, 0.1) is 6.33 Å². The molecule has 1 amide bonds. The maximum atomic E-state index is 14.1. The summed E-state index contributed by atoms with van der Waals surface area (Å²) in [7, 11) is 2.00. The summed E-state index contributed by atoms with van der Waals surface area (Å²) in [4.78, 5) is 18.9. The maximum absolute atomic E-state index is 14.1. The zero-order valence-corrected chi connectivity index (χ0v) is 16.0. The van der Waals surface area contributed by atoms with E-state index < -0.39 is 0 Å². The number of hydrogen-bond donors (Lipinski definition) is 1. The summed E-state index contributed by atoms with van der Waals surface area (Å²) >= 11 is 0. The van der Waals surface area contributed by atoms with Gasteiger partial charge in [-0.2, -0.15) is 0 Å². The number of carbonyl (C=O) groups excluding carboxylic acids is 1. The number of aryl methyl sites for hydroxylation is 1. The lowest BCUT2D eigenvalue weighted by Gasteiger charge is -2.20. The van der Waals surface area contributed by atoms with Gasteiger partial charge in [0.2, 0.25) is 5.91 Å². The Labute approximate surface area is 159 Å². The van der Waals surface area contributed by atoms with Crippen molar-refractivity contribution in [1.82, 2.24) is 19.8 Å². The second kappa shape index (κ2) is 7.08.